The van der Waals surface area contributed by atoms with Gasteiger partial charge in [0.1, 0.15) is 17.5 Å². The van der Waals surface area contributed by atoms with E-state index in [1.54, 1.807) is 19.1 Å². The van der Waals surface area contributed by atoms with E-state index in [1.807, 2.05) is 4.90 Å². The number of rotatable bonds is 3. The third kappa shape index (κ3) is 2.96. The molecular formula is C18H18F2N2O2. The van der Waals surface area contributed by atoms with Gasteiger partial charge < -0.3 is 9.64 Å². The van der Waals surface area contributed by atoms with E-state index in [2.05, 4.69) is 4.98 Å². The summed E-state index contributed by atoms with van der Waals surface area (Å²) < 4.78 is 32.6. The Balaban J connectivity index is 1.81. The molecule has 1 aliphatic heterocycles. The molecule has 2 aromatic rings. The fourth-order valence-electron chi connectivity index (χ4n) is 3.15. The lowest BCUT2D eigenvalue weighted by Gasteiger charge is -2.19. The third-order valence-electron chi connectivity index (χ3n) is 4.40. The highest BCUT2D eigenvalue weighted by atomic mass is 19.1. The van der Waals surface area contributed by atoms with E-state index in [1.165, 1.54) is 25.3 Å². The second kappa shape index (κ2) is 6.55. The zero-order valence-corrected chi connectivity index (χ0v) is 13.6. The molecule has 24 heavy (non-hydrogen) atoms. The molecule has 0 amide bonds. The van der Waals surface area contributed by atoms with Crippen LogP contribution in [0.2, 0.25) is 0 Å². The number of carbonyl (C=O) groups is 1. The lowest BCUT2D eigenvalue weighted by molar-refractivity contribution is 0.0599. The van der Waals surface area contributed by atoms with Gasteiger partial charge in [-0.3, -0.25) is 0 Å². The highest BCUT2D eigenvalue weighted by molar-refractivity contribution is 5.90. The Kier molecular flexibility index (Phi) is 4.46. The van der Waals surface area contributed by atoms with Gasteiger partial charge in [-0.15, -0.1) is 0 Å². The molecule has 0 bridgehead atoms. The summed E-state index contributed by atoms with van der Waals surface area (Å²) in [5, 5.41) is 0. The van der Waals surface area contributed by atoms with Gasteiger partial charge in [-0.25, -0.2) is 18.6 Å². The van der Waals surface area contributed by atoms with E-state index in [-0.39, 0.29) is 11.5 Å². The normalized spacial score (nSPS) is 17.2. The van der Waals surface area contributed by atoms with Crippen LogP contribution in [0.15, 0.2) is 30.3 Å². The lowest BCUT2D eigenvalue weighted by atomic mass is 9.97. The van der Waals surface area contributed by atoms with Crippen LogP contribution in [-0.4, -0.2) is 31.2 Å². The Bertz CT molecular complexity index is 759. The van der Waals surface area contributed by atoms with Crippen molar-refractivity contribution in [1.29, 1.82) is 0 Å². The first-order chi connectivity index (χ1) is 11.5. The minimum atomic E-state index is -0.507. The molecule has 0 aliphatic carbocycles. The molecule has 0 N–H and O–H groups in total. The zero-order valence-electron chi connectivity index (χ0n) is 13.6. The van der Waals surface area contributed by atoms with Crippen LogP contribution in [0.5, 0.6) is 0 Å². The number of hydrogen-bond acceptors (Lipinski definition) is 4. The molecule has 1 aromatic carbocycles. The number of pyridine rings is 1. The van der Waals surface area contributed by atoms with Gasteiger partial charge in [0, 0.05) is 24.6 Å². The summed E-state index contributed by atoms with van der Waals surface area (Å²) in [5.41, 5.74) is 1.12. The largest absolute Gasteiger partial charge is 0.465 e. The lowest BCUT2D eigenvalue weighted by Crippen LogP contribution is -2.21. The number of carbonyl (C=O) groups excluding carboxylic acids is 1. The number of esters is 1. The van der Waals surface area contributed by atoms with E-state index in [0.29, 0.717) is 36.6 Å². The maximum Gasteiger partial charge on any atom is 0.339 e. The van der Waals surface area contributed by atoms with E-state index >= 15 is 0 Å². The maximum atomic E-state index is 14.0. The molecule has 3 rings (SSSR count). The summed E-state index contributed by atoms with van der Waals surface area (Å²) in [7, 11) is 1.32. The number of ether oxygens (including phenoxy) is 1. The number of halogens is 2. The molecule has 126 valence electrons. The van der Waals surface area contributed by atoms with Crippen molar-refractivity contribution in [2.24, 2.45) is 0 Å². The molecule has 1 fully saturated rings. The van der Waals surface area contributed by atoms with Crippen LogP contribution in [0, 0.1) is 18.6 Å². The van der Waals surface area contributed by atoms with Gasteiger partial charge in [-0.1, -0.05) is 6.07 Å². The van der Waals surface area contributed by atoms with Gasteiger partial charge in [0.15, 0.2) is 0 Å². The zero-order chi connectivity index (χ0) is 17.3. The van der Waals surface area contributed by atoms with E-state index in [4.69, 9.17) is 4.74 Å². The molecule has 1 unspecified atom stereocenters. The highest BCUT2D eigenvalue weighted by Crippen LogP contribution is 2.33. The summed E-state index contributed by atoms with van der Waals surface area (Å²) in [6.07, 6.45) is 0.650. The highest BCUT2D eigenvalue weighted by Gasteiger charge is 2.29. The second-order valence-corrected chi connectivity index (χ2v) is 5.86. The van der Waals surface area contributed by atoms with Crippen LogP contribution >= 0.6 is 0 Å². The van der Waals surface area contributed by atoms with E-state index in [9.17, 15) is 13.6 Å². The second-order valence-electron chi connectivity index (χ2n) is 5.86. The first-order valence-electron chi connectivity index (χ1n) is 7.76. The first kappa shape index (κ1) is 16.4. The molecule has 4 nitrogen and oxygen atoms in total. The number of methoxy groups -OCH3 is 1. The molecular weight excluding hydrogens is 314 g/mol. The number of benzene rings is 1. The van der Waals surface area contributed by atoms with Gasteiger partial charge in [-0.2, -0.15) is 0 Å². The molecule has 2 heterocycles. The van der Waals surface area contributed by atoms with Crippen molar-refractivity contribution < 1.29 is 18.3 Å². The van der Waals surface area contributed by atoms with Crippen LogP contribution < -0.4 is 4.90 Å². The van der Waals surface area contributed by atoms with Crippen molar-refractivity contribution in [2.75, 3.05) is 25.1 Å². The van der Waals surface area contributed by atoms with Crippen LogP contribution in [-0.2, 0) is 4.74 Å². The monoisotopic (exact) mass is 332 g/mol. The quantitative estimate of drug-likeness (QED) is 0.808. The maximum absolute atomic E-state index is 14.0. The van der Waals surface area contributed by atoms with Gasteiger partial charge in [0.25, 0.3) is 0 Å². The molecule has 0 saturated carbocycles. The van der Waals surface area contributed by atoms with Gasteiger partial charge in [0.2, 0.25) is 0 Å². The molecule has 1 aromatic heterocycles. The Hall–Kier alpha value is -2.50. The average Bonchev–Trinajstić information content (AvgIpc) is 3.03. The predicted octanol–water partition coefficient (Wildman–Crippen LogP) is 3.45. The van der Waals surface area contributed by atoms with E-state index in [0.717, 1.165) is 0 Å². The molecule has 6 heteroatoms. The van der Waals surface area contributed by atoms with Gasteiger partial charge in [-0.05, 0) is 37.6 Å². The van der Waals surface area contributed by atoms with E-state index < -0.39 is 17.6 Å². The van der Waals surface area contributed by atoms with Crippen molar-refractivity contribution >= 4 is 11.8 Å². The summed E-state index contributed by atoms with van der Waals surface area (Å²) >= 11 is 0. The van der Waals surface area contributed by atoms with Crippen molar-refractivity contribution in [3.63, 3.8) is 0 Å². The fourth-order valence-corrected chi connectivity index (χ4v) is 3.15. The molecule has 1 saturated heterocycles. The van der Waals surface area contributed by atoms with Crippen LogP contribution in [0.3, 0.4) is 0 Å². The number of nitrogens with zero attached hydrogens (tertiary/aromatic N) is 2. The standard InChI is InChI=1S/C18H18F2N2O2/c1-11-13(18(23)24-2)6-7-16(21-11)22-9-8-12(10-22)17-14(19)4-3-5-15(17)20/h3-7,12H,8-10H2,1-2H3. The van der Waals surface area contributed by atoms with Crippen LogP contribution in [0.25, 0.3) is 0 Å². The summed E-state index contributed by atoms with van der Waals surface area (Å²) in [4.78, 5) is 18.0. The number of aryl methyl sites for hydroxylation is 1. The topological polar surface area (TPSA) is 42.4 Å². The van der Waals surface area contributed by atoms with Crippen molar-refractivity contribution in [2.45, 2.75) is 19.3 Å². The Morgan fingerprint density at radius 2 is 1.96 bits per heavy atom. The minimum Gasteiger partial charge on any atom is -0.465 e. The summed E-state index contributed by atoms with van der Waals surface area (Å²) in [6.45, 7) is 2.88. The van der Waals surface area contributed by atoms with Crippen molar-refractivity contribution in [3.8, 4) is 0 Å². The van der Waals surface area contributed by atoms with Crippen molar-refractivity contribution in [3.05, 3.63) is 58.8 Å². The number of aromatic nitrogens is 1. The third-order valence-corrected chi connectivity index (χ3v) is 4.40. The number of hydrogen-bond donors (Lipinski definition) is 0. The summed E-state index contributed by atoms with van der Waals surface area (Å²) in [6, 6.07) is 7.35. The molecule has 0 spiro atoms. The Morgan fingerprint density at radius 1 is 1.25 bits per heavy atom. The SMILES string of the molecule is COC(=O)c1ccc(N2CCC(c3c(F)cccc3F)C2)nc1C. The van der Waals surface area contributed by atoms with Crippen LogP contribution in [0.4, 0.5) is 14.6 Å². The van der Waals surface area contributed by atoms with Crippen LogP contribution in [0.1, 0.15) is 34.0 Å². The predicted molar refractivity (Wildman–Crippen MR) is 86.2 cm³/mol. The first-order valence-corrected chi connectivity index (χ1v) is 7.76. The molecule has 1 atom stereocenters. The smallest absolute Gasteiger partial charge is 0.339 e. The molecule has 1 aliphatic rings. The van der Waals surface area contributed by atoms with Gasteiger partial charge in [0.05, 0.1) is 18.4 Å². The average molecular weight is 332 g/mol. The minimum absolute atomic E-state index is 0.142. The van der Waals surface area contributed by atoms with Gasteiger partial charge >= 0.3 is 5.97 Å². The fraction of sp³-hybridized carbons (Fsp3) is 0.333. The summed E-state index contributed by atoms with van der Waals surface area (Å²) in [5.74, 6) is -0.966. The Labute approximate surface area is 139 Å². The molecule has 0 radical (unpaired) electrons. The Morgan fingerprint density at radius 3 is 2.58 bits per heavy atom. The van der Waals surface area contributed by atoms with Crippen molar-refractivity contribution in [1.82, 2.24) is 4.98 Å². The number of anilines is 1.